The van der Waals surface area contributed by atoms with Crippen molar-refractivity contribution in [3.63, 3.8) is 0 Å². The number of H-pyrrole nitrogens is 1. The molecular weight excluding hydrogens is 312 g/mol. The lowest BCUT2D eigenvalue weighted by molar-refractivity contribution is -0.116. The van der Waals surface area contributed by atoms with Crippen molar-refractivity contribution in [2.24, 2.45) is 0 Å². The Kier molecular flexibility index (Phi) is 4.29. The number of aryl methyl sites for hydroxylation is 1. The number of nitrogens with one attached hydrogen (secondary N) is 2. The van der Waals surface area contributed by atoms with Gasteiger partial charge in [-0.1, -0.05) is 12.1 Å². The third kappa shape index (κ3) is 3.89. The number of aromatic amines is 1. The number of para-hydroxylation sites is 1. The van der Waals surface area contributed by atoms with Crippen molar-refractivity contribution in [2.75, 3.05) is 0 Å². The number of hydrogen-bond acceptors (Lipinski definition) is 5. The molecule has 2 aromatic heterocycles. The fourth-order valence-electron chi connectivity index (χ4n) is 2.08. The molecule has 3 aromatic rings. The van der Waals surface area contributed by atoms with Crippen LogP contribution in [0.3, 0.4) is 0 Å². The first kappa shape index (κ1) is 15.1. The lowest BCUT2D eigenvalue weighted by Gasteiger charge is -2.02. The molecule has 0 spiro atoms. The molecule has 0 saturated heterocycles. The highest BCUT2D eigenvalue weighted by Crippen LogP contribution is 2.22. The summed E-state index contributed by atoms with van der Waals surface area (Å²) >= 11 is 1.52. The van der Waals surface area contributed by atoms with Crippen LogP contribution in [0.15, 0.2) is 41.2 Å². The van der Waals surface area contributed by atoms with Gasteiger partial charge in [-0.15, -0.1) is 11.3 Å². The van der Waals surface area contributed by atoms with Gasteiger partial charge in [0, 0.05) is 12.1 Å². The van der Waals surface area contributed by atoms with Crippen LogP contribution in [-0.4, -0.2) is 20.9 Å². The third-order valence-electron chi connectivity index (χ3n) is 3.04. The molecule has 1 aromatic carbocycles. The Labute approximate surface area is 135 Å². The maximum Gasteiger partial charge on any atom is 0.251 e. The first-order valence-electron chi connectivity index (χ1n) is 6.98. The van der Waals surface area contributed by atoms with Crippen LogP contribution >= 0.6 is 11.3 Å². The average molecular weight is 326 g/mol. The van der Waals surface area contributed by atoms with E-state index in [1.54, 1.807) is 13.0 Å². The topological polar surface area (TPSA) is 87.7 Å². The molecule has 2 heterocycles. The number of thiazole rings is 1. The van der Waals surface area contributed by atoms with E-state index in [-0.39, 0.29) is 18.0 Å². The Morgan fingerprint density at radius 2 is 2.17 bits per heavy atom. The molecule has 0 atom stereocenters. The van der Waals surface area contributed by atoms with Crippen LogP contribution in [0.4, 0.5) is 0 Å². The molecule has 23 heavy (non-hydrogen) atoms. The smallest absolute Gasteiger partial charge is 0.251 e. The molecule has 0 bridgehead atoms. The minimum absolute atomic E-state index is 0.202. The Bertz CT molecular complexity index is 909. The van der Waals surface area contributed by atoms with Crippen LogP contribution in [0.5, 0.6) is 0 Å². The molecule has 0 saturated carbocycles. The zero-order valence-corrected chi connectivity index (χ0v) is 13.2. The Morgan fingerprint density at radius 3 is 2.96 bits per heavy atom. The van der Waals surface area contributed by atoms with Crippen LogP contribution in [0.2, 0.25) is 0 Å². The zero-order chi connectivity index (χ0) is 16.2. The van der Waals surface area contributed by atoms with Crippen molar-refractivity contribution in [3.05, 3.63) is 63.3 Å². The Hall–Kier alpha value is -2.80. The van der Waals surface area contributed by atoms with E-state index in [1.165, 1.54) is 23.5 Å². The minimum atomic E-state index is -0.260. The van der Waals surface area contributed by atoms with E-state index in [0.29, 0.717) is 11.5 Å². The second-order valence-electron chi connectivity index (χ2n) is 4.89. The largest absolute Gasteiger partial charge is 0.347 e. The van der Waals surface area contributed by atoms with E-state index < -0.39 is 0 Å². The number of carbonyl (C=O) groups excluding carboxylic acids is 1. The van der Waals surface area contributed by atoms with Gasteiger partial charge < -0.3 is 10.3 Å². The maximum absolute atomic E-state index is 11.8. The van der Waals surface area contributed by atoms with E-state index in [2.05, 4.69) is 20.3 Å². The van der Waals surface area contributed by atoms with E-state index in [4.69, 9.17) is 0 Å². The first-order chi connectivity index (χ1) is 11.1. The Morgan fingerprint density at radius 1 is 1.35 bits per heavy atom. The number of aromatic nitrogens is 3. The number of nitrogens with zero attached hydrogens (tertiary/aromatic N) is 2. The highest BCUT2D eigenvalue weighted by atomic mass is 32.1. The number of amides is 1. The van der Waals surface area contributed by atoms with Gasteiger partial charge in [0.1, 0.15) is 10.8 Å². The third-order valence-corrected chi connectivity index (χ3v) is 4.05. The number of carbonyl (C=O) groups is 1. The quantitative estimate of drug-likeness (QED) is 0.718. The van der Waals surface area contributed by atoms with Crippen molar-refractivity contribution in [1.82, 2.24) is 20.3 Å². The first-order valence-corrected chi connectivity index (χ1v) is 7.80. The van der Waals surface area contributed by atoms with Crippen LogP contribution in [0, 0.1) is 6.92 Å². The van der Waals surface area contributed by atoms with Gasteiger partial charge in [0.25, 0.3) is 5.56 Å². The molecule has 116 valence electrons. The Balaban J connectivity index is 1.63. The minimum Gasteiger partial charge on any atom is -0.347 e. The number of hydrogen-bond donors (Lipinski definition) is 2. The van der Waals surface area contributed by atoms with E-state index in [1.807, 2.05) is 24.3 Å². The molecule has 3 rings (SSSR count). The predicted molar refractivity (Wildman–Crippen MR) is 90.1 cm³/mol. The number of rotatable bonds is 4. The molecule has 0 unspecified atom stereocenters. The van der Waals surface area contributed by atoms with Crippen molar-refractivity contribution in [3.8, 4) is 0 Å². The summed E-state index contributed by atoms with van der Waals surface area (Å²) in [5, 5.41) is 3.46. The average Bonchev–Trinajstić information content (AvgIpc) is 2.93. The monoisotopic (exact) mass is 326 g/mol. The molecule has 1 amide bonds. The summed E-state index contributed by atoms with van der Waals surface area (Å²) in [6.07, 6.45) is 3.11. The van der Waals surface area contributed by atoms with Crippen LogP contribution in [-0.2, 0) is 11.3 Å². The molecule has 6 nitrogen and oxygen atoms in total. The van der Waals surface area contributed by atoms with Crippen molar-refractivity contribution in [2.45, 2.75) is 13.5 Å². The highest BCUT2D eigenvalue weighted by Gasteiger charge is 2.02. The molecule has 2 N–H and O–H groups in total. The zero-order valence-electron chi connectivity index (χ0n) is 12.4. The molecule has 0 aliphatic carbocycles. The summed E-state index contributed by atoms with van der Waals surface area (Å²) in [5.41, 5.74) is 1.21. The summed E-state index contributed by atoms with van der Waals surface area (Å²) in [6, 6.07) is 9.18. The standard InChI is InChI=1S/C16H14N4O2S/c1-10-18-11(8-15(22)19-10)9-17-14(21)6-7-16-20-12-4-2-3-5-13(12)23-16/h2-8H,9H2,1H3,(H,17,21)(H,18,19,22)/b7-6+. The summed E-state index contributed by atoms with van der Waals surface area (Å²) < 4.78 is 1.08. The molecule has 0 aliphatic heterocycles. The van der Waals surface area contributed by atoms with Crippen LogP contribution in [0.25, 0.3) is 16.3 Å². The summed E-state index contributed by atoms with van der Waals surface area (Å²) in [5.74, 6) is 0.260. The second-order valence-corrected chi connectivity index (χ2v) is 5.96. The van der Waals surface area contributed by atoms with Crippen molar-refractivity contribution in [1.29, 1.82) is 0 Å². The van der Waals surface area contributed by atoms with Gasteiger partial charge >= 0.3 is 0 Å². The van der Waals surface area contributed by atoms with E-state index in [0.717, 1.165) is 15.2 Å². The van der Waals surface area contributed by atoms with Gasteiger partial charge in [-0.3, -0.25) is 9.59 Å². The summed E-state index contributed by atoms with van der Waals surface area (Å²) in [6.45, 7) is 1.90. The normalized spacial score (nSPS) is 11.2. The maximum atomic E-state index is 11.8. The number of fused-ring (bicyclic) bond motifs is 1. The summed E-state index contributed by atoms with van der Waals surface area (Å²) in [7, 11) is 0. The molecule has 0 radical (unpaired) electrons. The fourth-order valence-corrected chi connectivity index (χ4v) is 2.95. The summed E-state index contributed by atoms with van der Waals surface area (Å²) in [4.78, 5) is 34.3. The van der Waals surface area contributed by atoms with E-state index in [9.17, 15) is 9.59 Å². The SMILES string of the molecule is Cc1nc(CNC(=O)/C=C/c2nc3ccccc3s2)cc(=O)[nH]1. The molecule has 0 fully saturated rings. The van der Waals surface area contributed by atoms with Crippen molar-refractivity contribution < 1.29 is 4.79 Å². The van der Waals surface area contributed by atoms with E-state index >= 15 is 0 Å². The molecular formula is C16H14N4O2S. The van der Waals surface area contributed by atoms with Gasteiger partial charge in [-0.25, -0.2) is 9.97 Å². The van der Waals surface area contributed by atoms with Gasteiger partial charge in [0.2, 0.25) is 5.91 Å². The van der Waals surface area contributed by atoms with Crippen LogP contribution in [0.1, 0.15) is 16.5 Å². The second kappa shape index (κ2) is 6.53. The van der Waals surface area contributed by atoms with Gasteiger partial charge in [-0.2, -0.15) is 0 Å². The molecule has 7 heteroatoms. The van der Waals surface area contributed by atoms with Crippen molar-refractivity contribution >= 4 is 33.5 Å². The van der Waals surface area contributed by atoms with Gasteiger partial charge in [-0.05, 0) is 25.1 Å². The lowest BCUT2D eigenvalue weighted by atomic mass is 10.3. The molecule has 0 aliphatic rings. The highest BCUT2D eigenvalue weighted by molar-refractivity contribution is 7.19. The van der Waals surface area contributed by atoms with Gasteiger partial charge in [0.05, 0.1) is 22.5 Å². The van der Waals surface area contributed by atoms with Gasteiger partial charge in [0.15, 0.2) is 0 Å². The predicted octanol–water partition coefficient (Wildman–Crippen LogP) is 2.02. The van der Waals surface area contributed by atoms with Crippen LogP contribution < -0.4 is 10.9 Å². The lowest BCUT2D eigenvalue weighted by Crippen LogP contribution is -2.22. The fraction of sp³-hybridized carbons (Fsp3) is 0.125. The number of benzene rings is 1.